The van der Waals surface area contributed by atoms with Crippen LogP contribution in [0.3, 0.4) is 0 Å². The first-order chi connectivity index (χ1) is 10.8. The Bertz CT molecular complexity index is 884. The van der Waals surface area contributed by atoms with Crippen LogP contribution >= 0.6 is 46.4 Å². The van der Waals surface area contributed by atoms with Crippen LogP contribution in [-0.2, 0) is 39.7 Å². The van der Waals surface area contributed by atoms with Gasteiger partial charge in [-0.3, -0.25) is 0 Å². The molecule has 0 N–H and O–H groups in total. The van der Waals surface area contributed by atoms with Crippen molar-refractivity contribution in [2.75, 3.05) is 0 Å². The van der Waals surface area contributed by atoms with Crippen LogP contribution in [0, 0.1) is 0 Å². The molecule has 0 aromatic heterocycles. The molecular weight excluding hydrogens is 511 g/mol. The zero-order chi connectivity index (χ0) is 18.7. The molecule has 13 heteroatoms. The Balaban J connectivity index is 0.000000443. The third-order valence-electron chi connectivity index (χ3n) is 2.33. The van der Waals surface area contributed by atoms with Crippen molar-refractivity contribution in [2.24, 2.45) is 0 Å². The summed E-state index contributed by atoms with van der Waals surface area (Å²) >= 11 is 21.9. The van der Waals surface area contributed by atoms with Crippen molar-refractivity contribution in [3.63, 3.8) is 0 Å². The monoisotopic (exact) mass is 514 g/mol. The molecule has 0 aliphatic carbocycles. The fraction of sp³-hybridized carbons (Fsp3) is 0. The van der Waals surface area contributed by atoms with Crippen LogP contribution in [0.15, 0.2) is 46.2 Å². The van der Waals surface area contributed by atoms with E-state index in [0.717, 1.165) is 12.1 Å². The minimum absolute atomic E-state index is 0. The van der Waals surface area contributed by atoms with Gasteiger partial charge in [-0.25, -0.2) is 16.8 Å². The van der Waals surface area contributed by atoms with E-state index in [2.05, 4.69) is 0 Å². The second kappa shape index (κ2) is 9.83. The van der Waals surface area contributed by atoms with Crippen molar-refractivity contribution in [1.82, 2.24) is 0 Å². The summed E-state index contributed by atoms with van der Waals surface area (Å²) in [4.78, 5) is -0.901. The topological polar surface area (TPSA) is 114 Å². The molecule has 0 saturated carbocycles. The molecule has 0 aliphatic heterocycles. The summed E-state index contributed by atoms with van der Waals surface area (Å²) in [5, 5.41) is 0.259. The van der Waals surface area contributed by atoms with E-state index < -0.39 is 30.0 Å². The summed E-state index contributed by atoms with van der Waals surface area (Å²) in [5.74, 6) is 0. The van der Waals surface area contributed by atoms with Gasteiger partial charge in [-0.2, -0.15) is 0 Å². The summed E-state index contributed by atoms with van der Waals surface area (Å²) in [6, 6.07) is 7.14. The molecule has 2 aromatic rings. The quantitative estimate of drug-likeness (QED) is 0.442. The van der Waals surface area contributed by atoms with Crippen LogP contribution in [0.2, 0.25) is 20.1 Å². The standard InChI is InChI=1S/2C6H4Cl2O3S.Zn/c2*7-4-1-2-6(5(8)3-4)12(9,10)11;/h2*1-3H,(H,9,10,11);/q;;+2/p-2. The number of hydrogen-bond acceptors (Lipinski definition) is 6. The van der Waals surface area contributed by atoms with Crippen LogP contribution in [-0.4, -0.2) is 25.9 Å². The van der Waals surface area contributed by atoms with Gasteiger partial charge in [-0.15, -0.1) is 0 Å². The Morgan fingerprint density at radius 2 is 0.920 bits per heavy atom. The van der Waals surface area contributed by atoms with Gasteiger partial charge in [0, 0.05) is 10.0 Å². The van der Waals surface area contributed by atoms with E-state index in [1.54, 1.807) is 0 Å². The molecule has 2 aromatic carbocycles. The van der Waals surface area contributed by atoms with Gasteiger partial charge in [0.2, 0.25) is 0 Å². The maximum Gasteiger partial charge on any atom is 2.00 e. The zero-order valence-corrected chi connectivity index (χ0v) is 19.6. The number of benzene rings is 2. The normalized spacial score (nSPS) is 11.1. The Morgan fingerprint density at radius 3 is 1.12 bits per heavy atom. The SMILES string of the molecule is O=S(=O)([O-])c1ccc(Cl)cc1Cl.O=S(=O)([O-])c1ccc(Cl)cc1Cl.[Zn+2]. The van der Waals surface area contributed by atoms with Crippen LogP contribution in [0.5, 0.6) is 0 Å². The van der Waals surface area contributed by atoms with Crippen LogP contribution in [0.1, 0.15) is 0 Å². The van der Waals surface area contributed by atoms with Gasteiger partial charge in [0.15, 0.2) is 0 Å². The molecule has 0 unspecified atom stereocenters. The number of halogens is 4. The molecule has 0 spiro atoms. The molecule has 6 nitrogen and oxygen atoms in total. The van der Waals surface area contributed by atoms with E-state index in [1.165, 1.54) is 24.3 Å². The maximum atomic E-state index is 10.5. The van der Waals surface area contributed by atoms with E-state index >= 15 is 0 Å². The molecular formula is C12H6Cl4O6S2Zn. The summed E-state index contributed by atoms with van der Waals surface area (Å²) in [7, 11) is -8.98. The third-order valence-corrected chi connectivity index (χ3v) is 5.44. The predicted molar refractivity (Wildman–Crippen MR) is 88.9 cm³/mol. The van der Waals surface area contributed by atoms with E-state index in [-0.39, 0.29) is 39.6 Å². The Kier molecular flexibility index (Phi) is 9.84. The molecule has 0 saturated heterocycles. The molecule has 25 heavy (non-hydrogen) atoms. The zero-order valence-electron chi connectivity index (χ0n) is 11.9. The molecule has 0 atom stereocenters. The number of rotatable bonds is 2. The smallest absolute Gasteiger partial charge is 0.744 e. The van der Waals surface area contributed by atoms with Crippen LogP contribution in [0.4, 0.5) is 0 Å². The van der Waals surface area contributed by atoms with Gasteiger partial charge in [0.25, 0.3) is 0 Å². The van der Waals surface area contributed by atoms with Gasteiger partial charge >= 0.3 is 19.5 Å². The Morgan fingerprint density at radius 1 is 0.640 bits per heavy atom. The summed E-state index contributed by atoms with van der Waals surface area (Å²) in [5.41, 5.74) is 0. The van der Waals surface area contributed by atoms with Gasteiger partial charge in [-0.1, -0.05) is 46.4 Å². The Hall–Kier alpha value is 0.0434. The number of hydrogen-bond donors (Lipinski definition) is 0. The van der Waals surface area contributed by atoms with Gasteiger partial charge in [-0.05, 0) is 36.4 Å². The van der Waals surface area contributed by atoms with E-state index in [9.17, 15) is 25.9 Å². The van der Waals surface area contributed by atoms with E-state index in [0.29, 0.717) is 0 Å². The largest absolute Gasteiger partial charge is 2.00 e. The van der Waals surface area contributed by atoms with Gasteiger partial charge in [0.1, 0.15) is 20.2 Å². The first kappa shape index (κ1) is 25.0. The minimum atomic E-state index is -4.49. The van der Waals surface area contributed by atoms with Crippen molar-refractivity contribution in [3.05, 3.63) is 56.5 Å². The molecule has 0 radical (unpaired) electrons. The summed E-state index contributed by atoms with van der Waals surface area (Å²) in [6.45, 7) is 0. The minimum Gasteiger partial charge on any atom is -0.744 e. The Labute approximate surface area is 177 Å². The molecule has 0 heterocycles. The van der Waals surface area contributed by atoms with Gasteiger partial charge < -0.3 is 9.11 Å². The molecule has 132 valence electrons. The summed E-state index contributed by atoms with van der Waals surface area (Å²) < 4.78 is 62.9. The van der Waals surface area contributed by atoms with Crippen molar-refractivity contribution < 1.29 is 45.4 Å². The average molecular weight is 518 g/mol. The van der Waals surface area contributed by atoms with Crippen molar-refractivity contribution in [3.8, 4) is 0 Å². The molecule has 0 bridgehead atoms. The molecule has 0 fully saturated rings. The first-order valence-electron chi connectivity index (χ1n) is 5.64. The molecule has 0 amide bonds. The van der Waals surface area contributed by atoms with Crippen LogP contribution in [0.25, 0.3) is 0 Å². The van der Waals surface area contributed by atoms with Gasteiger partial charge in [0.05, 0.1) is 19.8 Å². The second-order valence-electron chi connectivity index (χ2n) is 4.06. The second-order valence-corrected chi connectivity index (χ2v) is 8.44. The fourth-order valence-corrected chi connectivity index (χ4v) is 3.80. The van der Waals surface area contributed by atoms with Crippen molar-refractivity contribution >= 4 is 66.6 Å². The maximum absolute atomic E-state index is 10.5. The van der Waals surface area contributed by atoms with Crippen molar-refractivity contribution in [1.29, 1.82) is 0 Å². The van der Waals surface area contributed by atoms with Crippen LogP contribution < -0.4 is 0 Å². The van der Waals surface area contributed by atoms with E-state index in [1.807, 2.05) is 0 Å². The molecule has 2 rings (SSSR count). The average Bonchev–Trinajstić information content (AvgIpc) is 2.35. The predicted octanol–water partition coefficient (Wildman–Crippen LogP) is 3.79. The van der Waals surface area contributed by atoms with Crippen molar-refractivity contribution in [2.45, 2.75) is 9.79 Å². The third kappa shape index (κ3) is 8.07. The molecule has 0 aliphatic rings. The summed E-state index contributed by atoms with van der Waals surface area (Å²) in [6.07, 6.45) is 0. The first-order valence-corrected chi connectivity index (χ1v) is 9.97. The fourth-order valence-electron chi connectivity index (χ4n) is 1.36. The van der Waals surface area contributed by atoms with E-state index in [4.69, 9.17) is 46.4 Å².